The first-order valence-corrected chi connectivity index (χ1v) is 6.83. The Morgan fingerprint density at radius 1 is 1.33 bits per heavy atom. The lowest BCUT2D eigenvalue weighted by Gasteiger charge is -2.26. The second-order valence-electron chi connectivity index (χ2n) is 4.02. The minimum atomic E-state index is 0.791. The first-order chi connectivity index (χ1) is 8.81. The van der Waals surface area contributed by atoms with Crippen molar-refractivity contribution in [3.8, 4) is 0 Å². The number of morpholine rings is 1. The third-order valence-corrected chi connectivity index (χ3v) is 3.60. The van der Waals surface area contributed by atoms with Gasteiger partial charge in [0.05, 0.1) is 13.2 Å². The summed E-state index contributed by atoms with van der Waals surface area (Å²) in [7, 11) is 1.84. The lowest BCUT2D eigenvalue weighted by atomic mass is 10.4. The van der Waals surface area contributed by atoms with Crippen molar-refractivity contribution in [1.29, 1.82) is 0 Å². The van der Waals surface area contributed by atoms with Crippen molar-refractivity contribution >= 4 is 27.6 Å². The average Bonchev–Trinajstić information content (AvgIpc) is 2.42. The summed E-state index contributed by atoms with van der Waals surface area (Å²) in [6.07, 6.45) is 1.55. The molecule has 1 aliphatic rings. The van der Waals surface area contributed by atoms with E-state index < -0.39 is 0 Å². The topological polar surface area (TPSA) is 62.3 Å². The van der Waals surface area contributed by atoms with Crippen LogP contribution < -0.4 is 10.6 Å². The van der Waals surface area contributed by atoms with Crippen LogP contribution in [0.4, 0.5) is 11.6 Å². The zero-order valence-corrected chi connectivity index (χ0v) is 12.0. The predicted molar refractivity (Wildman–Crippen MR) is 75.0 cm³/mol. The van der Waals surface area contributed by atoms with Crippen LogP contribution in [0.3, 0.4) is 0 Å². The molecule has 2 N–H and O–H groups in total. The van der Waals surface area contributed by atoms with Crippen LogP contribution in [0.1, 0.15) is 0 Å². The van der Waals surface area contributed by atoms with E-state index in [0.29, 0.717) is 0 Å². The Labute approximate surface area is 115 Å². The van der Waals surface area contributed by atoms with Crippen molar-refractivity contribution < 1.29 is 4.74 Å². The molecule has 0 aliphatic carbocycles. The maximum Gasteiger partial charge on any atom is 0.145 e. The smallest absolute Gasteiger partial charge is 0.145 e. The van der Waals surface area contributed by atoms with Crippen molar-refractivity contribution in [2.45, 2.75) is 0 Å². The summed E-state index contributed by atoms with van der Waals surface area (Å²) in [5.41, 5.74) is 0. The van der Waals surface area contributed by atoms with Crippen LogP contribution in [0, 0.1) is 0 Å². The van der Waals surface area contributed by atoms with Crippen LogP contribution in [0.5, 0.6) is 0 Å². The zero-order chi connectivity index (χ0) is 12.8. The highest BCUT2D eigenvalue weighted by Crippen LogP contribution is 2.25. The molecule has 2 heterocycles. The highest BCUT2D eigenvalue weighted by atomic mass is 79.9. The van der Waals surface area contributed by atoms with E-state index in [1.54, 1.807) is 6.33 Å². The Kier molecular flexibility index (Phi) is 5.15. The highest BCUT2D eigenvalue weighted by Gasteiger charge is 2.10. The van der Waals surface area contributed by atoms with Gasteiger partial charge in [0.2, 0.25) is 0 Å². The minimum absolute atomic E-state index is 0.791. The molecule has 100 valence electrons. The van der Waals surface area contributed by atoms with E-state index >= 15 is 0 Å². The molecule has 1 aromatic heterocycles. The first kappa shape index (κ1) is 13.5. The molecule has 0 aromatic carbocycles. The molecule has 0 radical (unpaired) electrons. The molecule has 7 heteroatoms. The molecule has 1 fully saturated rings. The van der Waals surface area contributed by atoms with Gasteiger partial charge in [0, 0.05) is 33.2 Å². The quantitative estimate of drug-likeness (QED) is 0.846. The first-order valence-electron chi connectivity index (χ1n) is 6.03. The van der Waals surface area contributed by atoms with E-state index in [2.05, 4.69) is 41.4 Å². The van der Waals surface area contributed by atoms with Crippen molar-refractivity contribution in [3.63, 3.8) is 0 Å². The maximum absolute atomic E-state index is 5.32. The van der Waals surface area contributed by atoms with Crippen LogP contribution in [0.15, 0.2) is 10.8 Å². The van der Waals surface area contributed by atoms with Gasteiger partial charge in [0.15, 0.2) is 0 Å². The Bertz CT molecular complexity index is 384. The highest BCUT2D eigenvalue weighted by molar-refractivity contribution is 9.10. The van der Waals surface area contributed by atoms with Crippen molar-refractivity contribution in [2.24, 2.45) is 0 Å². The third-order valence-electron chi connectivity index (χ3n) is 2.85. The van der Waals surface area contributed by atoms with Gasteiger partial charge in [0.1, 0.15) is 22.4 Å². The summed E-state index contributed by atoms with van der Waals surface area (Å²) >= 11 is 3.48. The number of nitrogens with one attached hydrogen (secondary N) is 2. The number of rotatable bonds is 5. The van der Waals surface area contributed by atoms with E-state index in [0.717, 1.165) is 55.5 Å². The van der Waals surface area contributed by atoms with Gasteiger partial charge in [-0.1, -0.05) is 0 Å². The standard InChI is InChI=1S/C11H18BrN5O/c1-13-10-9(12)11(16-8-15-10)14-2-3-17-4-6-18-7-5-17/h8H,2-7H2,1H3,(H2,13,14,15,16). The Balaban J connectivity index is 1.82. The molecule has 0 atom stereocenters. The molecule has 1 aromatic rings. The summed E-state index contributed by atoms with van der Waals surface area (Å²) < 4.78 is 6.19. The molecule has 0 spiro atoms. The summed E-state index contributed by atoms with van der Waals surface area (Å²) in [5.74, 6) is 1.61. The number of hydrogen-bond acceptors (Lipinski definition) is 6. The van der Waals surface area contributed by atoms with Crippen LogP contribution in [-0.4, -0.2) is 61.3 Å². The fourth-order valence-corrected chi connectivity index (χ4v) is 2.37. The molecule has 0 bridgehead atoms. The molecule has 6 nitrogen and oxygen atoms in total. The maximum atomic E-state index is 5.32. The van der Waals surface area contributed by atoms with Gasteiger partial charge in [-0.05, 0) is 15.9 Å². The van der Waals surface area contributed by atoms with E-state index in [4.69, 9.17) is 4.74 Å². The molecule has 0 unspecified atom stereocenters. The number of anilines is 2. The fourth-order valence-electron chi connectivity index (χ4n) is 1.82. The lowest BCUT2D eigenvalue weighted by molar-refractivity contribution is 0.0398. The molecule has 18 heavy (non-hydrogen) atoms. The molecule has 2 rings (SSSR count). The lowest BCUT2D eigenvalue weighted by Crippen LogP contribution is -2.39. The summed E-state index contributed by atoms with van der Waals surface area (Å²) in [5, 5.41) is 6.32. The van der Waals surface area contributed by atoms with Gasteiger partial charge < -0.3 is 15.4 Å². The zero-order valence-electron chi connectivity index (χ0n) is 10.4. The molecule has 0 amide bonds. The summed E-state index contributed by atoms with van der Waals surface area (Å²) in [4.78, 5) is 10.7. The average molecular weight is 316 g/mol. The normalized spacial score (nSPS) is 16.6. The minimum Gasteiger partial charge on any atom is -0.379 e. The Morgan fingerprint density at radius 2 is 2.06 bits per heavy atom. The van der Waals surface area contributed by atoms with Gasteiger partial charge in [-0.3, -0.25) is 4.90 Å². The number of halogens is 1. The molecular formula is C11H18BrN5O. The van der Waals surface area contributed by atoms with Crippen molar-refractivity contribution in [3.05, 3.63) is 10.8 Å². The second-order valence-corrected chi connectivity index (χ2v) is 4.81. The molecule has 0 saturated carbocycles. The van der Waals surface area contributed by atoms with Crippen LogP contribution >= 0.6 is 15.9 Å². The van der Waals surface area contributed by atoms with Gasteiger partial charge in [0.25, 0.3) is 0 Å². The fraction of sp³-hybridized carbons (Fsp3) is 0.636. The van der Waals surface area contributed by atoms with Crippen molar-refractivity contribution in [2.75, 3.05) is 57.1 Å². The van der Waals surface area contributed by atoms with Crippen LogP contribution in [0.2, 0.25) is 0 Å². The SMILES string of the molecule is CNc1ncnc(NCCN2CCOCC2)c1Br. The van der Waals surface area contributed by atoms with Gasteiger partial charge in [-0.25, -0.2) is 9.97 Å². The van der Waals surface area contributed by atoms with Gasteiger partial charge in [-0.2, -0.15) is 0 Å². The van der Waals surface area contributed by atoms with Crippen LogP contribution in [0.25, 0.3) is 0 Å². The summed E-state index contributed by atoms with van der Waals surface area (Å²) in [6, 6.07) is 0. The number of hydrogen-bond donors (Lipinski definition) is 2. The number of aromatic nitrogens is 2. The largest absolute Gasteiger partial charge is 0.379 e. The number of nitrogens with zero attached hydrogens (tertiary/aromatic N) is 3. The van der Waals surface area contributed by atoms with E-state index in [1.165, 1.54) is 0 Å². The predicted octanol–water partition coefficient (Wildman–Crippen LogP) is 1.02. The monoisotopic (exact) mass is 315 g/mol. The Hall–Kier alpha value is -0.920. The molecule has 1 aliphatic heterocycles. The Morgan fingerprint density at radius 3 is 2.78 bits per heavy atom. The van der Waals surface area contributed by atoms with Gasteiger partial charge in [-0.15, -0.1) is 0 Å². The molecular weight excluding hydrogens is 298 g/mol. The van der Waals surface area contributed by atoms with E-state index in [1.807, 2.05) is 7.05 Å². The molecule has 1 saturated heterocycles. The van der Waals surface area contributed by atoms with Crippen LogP contribution in [-0.2, 0) is 4.74 Å². The van der Waals surface area contributed by atoms with E-state index in [9.17, 15) is 0 Å². The summed E-state index contributed by atoms with van der Waals surface area (Å²) in [6.45, 7) is 5.54. The van der Waals surface area contributed by atoms with Gasteiger partial charge >= 0.3 is 0 Å². The third kappa shape index (κ3) is 3.54. The number of ether oxygens (including phenoxy) is 1. The van der Waals surface area contributed by atoms with E-state index in [-0.39, 0.29) is 0 Å². The second kappa shape index (κ2) is 6.86. The van der Waals surface area contributed by atoms with Crippen molar-refractivity contribution in [1.82, 2.24) is 14.9 Å².